The lowest BCUT2D eigenvalue weighted by Gasteiger charge is -2.04. The van der Waals surface area contributed by atoms with Crippen LogP contribution in [0.15, 0.2) is 0 Å². The first-order valence-electron chi connectivity index (χ1n) is 4.35. The molecule has 0 rings (SSSR count). The number of rotatable bonds is 3. The highest BCUT2D eigenvalue weighted by atomic mass is 16.3. The van der Waals surface area contributed by atoms with Crippen molar-refractivity contribution in [2.45, 2.75) is 46.1 Å². The number of aliphatic hydroxyl groups excluding tert-OH is 1. The van der Waals surface area contributed by atoms with Crippen molar-refractivity contribution in [2.24, 2.45) is 5.92 Å². The predicted octanol–water partition coefficient (Wildman–Crippen LogP) is 2.20. The lowest BCUT2D eigenvalue weighted by atomic mass is 10.1. The second kappa shape index (κ2) is 6.24. The summed E-state index contributed by atoms with van der Waals surface area (Å²) < 4.78 is 0. The Bertz CT molecular complexity index is 139. The van der Waals surface area contributed by atoms with E-state index in [0.717, 1.165) is 12.8 Å². The van der Waals surface area contributed by atoms with Gasteiger partial charge in [0.1, 0.15) is 6.10 Å². The first-order chi connectivity index (χ1) is 5.18. The molecule has 1 heteroatoms. The van der Waals surface area contributed by atoms with E-state index >= 15 is 0 Å². The van der Waals surface area contributed by atoms with E-state index in [1.807, 2.05) is 13.8 Å². The van der Waals surface area contributed by atoms with E-state index < -0.39 is 6.10 Å². The molecule has 0 radical (unpaired) electrons. The maximum atomic E-state index is 9.25. The molecule has 0 heterocycles. The largest absolute Gasteiger partial charge is 0.380 e. The van der Waals surface area contributed by atoms with Gasteiger partial charge in [-0.15, -0.1) is 5.92 Å². The first kappa shape index (κ1) is 10.5. The van der Waals surface area contributed by atoms with E-state index in [1.165, 1.54) is 6.42 Å². The Morgan fingerprint density at radius 3 is 2.45 bits per heavy atom. The van der Waals surface area contributed by atoms with Gasteiger partial charge >= 0.3 is 0 Å². The summed E-state index contributed by atoms with van der Waals surface area (Å²) in [7, 11) is 0. The van der Waals surface area contributed by atoms with Gasteiger partial charge in [0.15, 0.2) is 0 Å². The Morgan fingerprint density at radius 2 is 2.00 bits per heavy atom. The number of hydrogen-bond donors (Lipinski definition) is 1. The van der Waals surface area contributed by atoms with Crippen molar-refractivity contribution in [2.75, 3.05) is 0 Å². The summed E-state index contributed by atoms with van der Waals surface area (Å²) in [6.45, 7) is 6.08. The van der Waals surface area contributed by atoms with Crippen LogP contribution in [0.2, 0.25) is 0 Å². The van der Waals surface area contributed by atoms with Gasteiger partial charge in [-0.2, -0.15) is 0 Å². The van der Waals surface area contributed by atoms with Crippen LogP contribution in [0.5, 0.6) is 0 Å². The van der Waals surface area contributed by atoms with Crippen LogP contribution in [-0.2, 0) is 0 Å². The minimum atomic E-state index is -0.438. The average molecular weight is 154 g/mol. The van der Waals surface area contributed by atoms with Crippen LogP contribution < -0.4 is 0 Å². The summed E-state index contributed by atoms with van der Waals surface area (Å²) in [4.78, 5) is 0. The summed E-state index contributed by atoms with van der Waals surface area (Å²) in [6.07, 6.45) is 2.79. The summed E-state index contributed by atoms with van der Waals surface area (Å²) in [5.74, 6) is 6.04. The molecule has 0 aliphatic rings. The lowest BCUT2D eigenvalue weighted by Crippen LogP contribution is -2.11. The molecule has 0 fully saturated rings. The number of unbranched alkanes of at least 4 members (excludes halogenated alkanes) is 2. The molecule has 0 bridgehead atoms. The molecule has 0 aromatic heterocycles. The Kier molecular flexibility index (Phi) is 5.97. The van der Waals surface area contributed by atoms with Gasteiger partial charge in [0.25, 0.3) is 0 Å². The fourth-order valence-electron chi connectivity index (χ4n) is 0.609. The van der Waals surface area contributed by atoms with E-state index in [1.54, 1.807) is 0 Å². The van der Waals surface area contributed by atoms with Gasteiger partial charge in [0.2, 0.25) is 0 Å². The monoisotopic (exact) mass is 154 g/mol. The maximum Gasteiger partial charge on any atom is 0.117 e. The average Bonchev–Trinajstić information content (AvgIpc) is 1.97. The minimum absolute atomic E-state index is 0.254. The minimum Gasteiger partial charge on any atom is -0.380 e. The topological polar surface area (TPSA) is 20.2 Å². The summed E-state index contributed by atoms with van der Waals surface area (Å²) in [6, 6.07) is 0. The van der Waals surface area contributed by atoms with Crippen molar-refractivity contribution >= 4 is 0 Å². The van der Waals surface area contributed by atoms with Gasteiger partial charge in [0, 0.05) is 6.42 Å². The van der Waals surface area contributed by atoms with E-state index in [2.05, 4.69) is 18.8 Å². The number of aliphatic hydroxyl groups is 1. The Balaban J connectivity index is 3.51. The molecule has 0 amide bonds. The van der Waals surface area contributed by atoms with E-state index in [9.17, 15) is 5.11 Å². The molecule has 0 aromatic rings. The van der Waals surface area contributed by atoms with Crippen molar-refractivity contribution in [3.8, 4) is 11.8 Å². The van der Waals surface area contributed by atoms with Crippen LogP contribution in [0.3, 0.4) is 0 Å². The van der Waals surface area contributed by atoms with Crippen LogP contribution in [0.1, 0.15) is 40.0 Å². The molecule has 1 nitrogen and oxygen atoms in total. The lowest BCUT2D eigenvalue weighted by molar-refractivity contribution is 0.181. The molecule has 0 aromatic carbocycles. The first-order valence-corrected chi connectivity index (χ1v) is 4.35. The van der Waals surface area contributed by atoms with Gasteiger partial charge in [-0.1, -0.05) is 33.1 Å². The van der Waals surface area contributed by atoms with E-state index in [-0.39, 0.29) is 5.92 Å². The second-order valence-corrected chi connectivity index (χ2v) is 3.11. The van der Waals surface area contributed by atoms with Crippen LogP contribution >= 0.6 is 0 Å². The summed E-state index contributed by atoms with van der Waals surface area (Å²) in [5.41, 5.74) is 0. The molecule has 0 saturated heterocycles. The van der Waals surface area contributed by atoms with Gasteiger partial charge in [-0.3, -0.25) is 0 Å². The van der Waals surface area contributed by atoms with Crippen LogP contribution in [-0.4, -0.2) is 11.2 Å². The molecule has 1 unspecified atom stereocenters. The highest BCUT2D eigenvalue weighted by Crippen LogP contribution is 1.99. The van der Waals surface area contributed by atoms with Crippen molar-refractivity contribution in [3.05, 3.63) is 0 Å². The Labute approximate surface area is 69.8 Å². The van der Waals surface area contributed by atoms with E-state index in [0.29, 0.717) is 0 Å². The second-order valence-electron chi connectivity index (χ2n) is 3.11. The van der Waals surface area contributed by atoms with Gasteiger partial charge in [-0.25, -0.2) is 0 Å². The highest BCUT2D eigenvalue weighted by molar-refractivity contribution is 5.05. The molecule has 0 spiro atoms. The van der Waals surface area contributed by atoms with Gasteiger partial charge < -0.3 is 5.11 Å². The third-order valence-electron chi connectivity index (χ3n) is 1.54. The third kappa shape index (κ3) is 5.94. The molecule has 11 heavy (non-hydrogen) atoms. The summed E-state index contributed by atoms with van der Waals surface area (Å²) >= 11 is 0. The molecule has 0 aliphatic heterocycles. The zero-order valence-electron chi connectivity index (χ0n) is 7.72. The van der Waals surface area contributed by atoms with Crippen molar-refractivity contribution in [3.63, 3.8) is 0 Å². The third-order valence-corrected chi connectivity index (χ3v) is 1.54. The molecule has 0 saturated carbocycles. The molecule has 64 valence electrons. The SMILES string of the molecule is CCCCC#CC(O)C(C)C. The zero-order valence-corrected chi connectivity index (χ0v) is 7.72. The fourth-order valence-corrected chi connectivity index (χ4v) is 0.609. The van der Waals surface area contributed by atoms with E-state index in [4.69, 9.17) is 0 Å². The van der Waals surface area contributed by atoms with Crippen LogP contribution in [0.25, 0.3) is 0 Å². The smallest absolute Gasteiger partial charge is 0.117 e. The van der Waals surface area contributed by atoms with Gasteiger partial charge in [-0.05, 0) is 12.3 Å². The van der Waals surface area contributed by atoms with Crippen molar-refractivity contribution < 1.29 is 5.11 Å². The summed E-state index contributed by atoms with van der Waals surface area (Å²) in [5, 5.41) is 9.25. The number of hydrogen-bond acceptors (Lipinski definition) is 1. The Morgan fingerprint density at radius 1 is 1.36 bits per heavy atom. The van der Waals surface area contributed by atoms with Crippen LogP contribution in [0, 0.1) is 17.8 Å². The highest BCUT2D eigenvalue weighted by Gasteiger charge is 2.02. The van der Waals surface area contributed by atoms with Crippen molar-refractivity contribution in [1.82, 2.24) is 0 Å². The predicted molar refractivity (Wildman–Crippen MR) is 48.1 cm³/mol. The quantitative estimate of drug-likeness (QED) is 0.488. The van der Waals surface area contributed by atoms with Crippen LogP contribution in [0.4, 0.5) is 0 Å². The molecule has 1 atom stereocenters. The molecule has 1 N–H and O–H groups in total. The zero-order chi connectivity index (χ0) is 8.69. The Hall–Kier alpha value is -0.480. The fraction of sp³-hybridized carbons (Fsp3) is 0.800. The molecular weight excluding hydrogens is 136 g/mol. The molecular formula is C10H18O. The van der Waals surface area contributed by atoms with Gasteiger partial charge in [0.05, 0.1) is 0 Å². The molecule has 0 aliphatic carbocycles. The standard InChI is InChI=1S/C10H18O/c1-4-5-6-7-8-10(11)9(2)3/h9-11H,4-6H2,1-3H3. The van der Waals surface area contributed by atoms with Crippen molar-refractivity contribution in [1.29, 1.82) is 0 Å². The normalized spacial score (nSPS) is 12.5. The maximum absolute atomic E-state index is 9.25.